The Morgan fingerprint density at radius 2 is 2.16 bits per heavy atom. The van der Waals surface area contributed by atoms with Crippen molar-refractivity contribution in [2.75, 3.05) is 11.6 Å². The highest BCUT2D eigenvalue weighted by Gasteiger charge is 2.26. The van der Waals surface area contributed by atoms with Gasteiger partial charge in [0.2, 0.25) is 0 Å². The lowest BCUT2D eigenvalue weighted by Crippen LogP contribution is -2.16. The molecule has 0 spiro atoms. The number of sulfone groups is 1. The number of nitro groups is 1. The summed E-state index contributed by atoms with van der Waals surface area (Å²) in [6.45, 7) is 1.76. The van der Waals surface area contributed by atoms with Gasteiger partial charge in [-0.2, -0.15) is 0 Å². The Bertz CT molecular complexity index is 632. The van der Waals surface area contributed by atoms with E-state index in [1.54, 1.807) is 6.92 Å². The van der Waals surface area contributed by atoms with Crippen molar-refractivity contribution < 1.29 is 13.3 Å². The molecule has 1 aromatic rings. The number of anilines is 1. The van der Waals surface area contributed by atoms with E-state index in [2.05, 4.69) is 11.2 Å². The van der Waals surface area contributed by atoms with Crippen LogP contribution in [0.25, 0.3) is 0 Å². The van der Waals surface area contributed by atoms with Gasteiger partial charge in [0.15, 0.2) is 9.84 Å². The maximum absolute atomic E-state index is 11.6. The molecular formula is C12H14N2O4S. The van der Waals surface area contributed by atoms with Gasteiger partial charge >= 0.3 is 5.69 Å². The normalized spacial score (nSPS) is 12.5. The van der Waals surface area contributed by atoms with Crippen LogP contribution in [0.15, 0.2) is 23.1 Å². The topological polar surface area (TPSA) is 89.3 Å². The summed E-state index contributed by atoms with van der Waals surface area (Å²) in [6.07, 6.45) is 6.47. The largest absolute Gasteiger partial charge is 0.376 e. The van der Waals surface area contributed by atoms with Crippen molar-refractivity contribution in [1.82, 2.24) is 0 Å². The van der Waals surface area contributed by atoms with E-state index in [4.69, 9.17) is 6.42 Å². The van der Waals surface area contributed by atoms with Gasteiger partial charge in [-0.05, 0) is 19.1 Å². The molecule has 0 fully saturated rings. The monoisotopic (exact) mass is 282 g/mol. The highest BCUT2D eigenvalue weighted by atomic mass is 32.2. The second-order valence-corrected chi connectivity index (χ2v) is 6.12. The zero-order valence-corrected chi connectivity index (χ0v) is 11.4. The fourth-order valence-electron chi connectivity index (χ4n) is 1.62. The second-order valence-electron chi connectivity index (χ2n) is 4.14. The summed E-state index contributed by atoms with van der Waals surface area (Å²) in [6, 6.07) is 3.93. The molecule has 6 nitrogen and oxygen atoms in total. The van der Waals surface area contributed by atoms with Crippen LogP contribution in [-0.2, 0) is 9.84 Å². The lowest BCUT2D eigenvalue weighted by Gasteiger charge is -2.13. The van der Waals surface area contributed by atoms with Crippen LogP contribution in [0.1, 0.15) is 13.3 Å². The van der Waals surface area contributed by atoms with Gasteiger partial charge in [-0.25, -0.2) is 8.42 Å². The molecule has 0 aromatic heterocycles. The second kappa shape index (κ2) is 5.71. The average Bonchev–Trinajstić information content (AvgIpc) is 2.27. The Morgan fingerprint density at radius 1 is 1.53 bits per heavy atom. The quantitative estimate of drug-likeness (QED) is 0.505. The number of para-hydroxylation sites is 1. The number of benzene rings is 1. The Kier molecular flexibility index (Phi) is 4.51. The van der Waals surface area contributed by atoms with Crippen molar-refractivity contribution >= 4 is 21.2 Å². The molecule has 102 valence electrons. The van der Waals surface area contributed by atoms with Crippen LogP contribution < -0.4 is 5.32 Å². The van der Waals surface area contributed by atoms with Gasteiger partial charge in [0.1, 0.15) is 10.6 Å². The zero-order chi connectivity index (χ0) is 14.6. The van der Waals surface area contributed by atoms with Gasteiger partial charge < -0.3 is 5.32 Å². The smallest absolute Gasteiger partial charge is 0.310 e. The molecule has 0 radical (unpaired) electrons. The molecule has 0 saturated carbocycles. The summed E-state index contributed by atoms with van der Waals surface area (Å²) in [4.78, 5) is 10.1. The van der Waals surface area contributed by atoms with Gasteiger partial charge in [0, 0.05) is 18.7 Å². The Labute approximate surface area is 111 Å². The summed E-state index contributed by atoms with van der Waals surface area (Å²) in [7, 11) is -3.67. The van der Waals surface area contributed by atoms with E-state index < -0.39 is 20.4 Å². The van der Waals surface area contributed by atoms with E-state index in [0.29, 0.717) is 6.42 Å². The molecule has 1 aromatic carbocycles. The molecule has 7 heteroatoms. The minimum Gasteiger partial charge on any atom is -0.376 e. The Balaban J connectivity index is 3.34. The Morgan fingerprint density at radius 3 is 2.63 bits per heavy atom. The first kappa shape index (κ1) is 15.0. The average molecular weight is 282 g/mol. The zero-order valence-electron chi connectivity index (χ0n) is 10.6. The first-order valence-electron chi connectivity index (χ1n) is 5.44. The number of hydrogen-bond acceptors (Lipinski definition) is 5. The summed E-state index contributed by atoms with van der Waals surface area (Å²) < 4.78 is 23.1. The molecule has 0 aliphatic carbocycles. The third-order valence-electron chi connectivity index (χ3n) is 2.41. The predicted molar refractivity (Wildman–Crippen MR) is 72.7 cm³/mol. The van der Waals surface area contributed by atoms with Crippen LogP contribution in [0.5, 0.6) is 0 Å². The molecule has 0 aliphatic rings. The standard InChI is InChI=1S/C12H14N2O4S/c1-4-6-9(2)13-10-7-5-8-11(19(3,17)18)12(10)14(15)16/h1,5,7-9,13H,6H2,2-3H3. The van der Waals surface area contributed by atoms with Gasteiger partial charge in [-0.1, -0.05) is 6.07 Å². The molecule has 1 atom stereocenters. The molecule has 1 unspecified atom stereocenters. The van der Waals surface area contributed by atoms with Crippen LogP contribution in [0, 0.1) is 22.5 Å². The van der Waals surface area contributed by atoms with Gasteiger partial charge in [-0.15, -0.1) is 12.3 Å². The van der Waals surface area contributed by atoms with Crippen molar-refractivity contribution in [3.8, 4) is 12.3 Å². The molecule has 0 amide bonds. The van der Waals surface area contributed by atoms with E-state index in [0.717, 1.165) is 6.26 Å². The minimum atomic E-state index is -3.67. The first-order chi connectivity index (χ1) is 8.77. The van der Waals surface area contributed by atoms with Gasteiger partial charge in [0.25, 0.3) is 0 Å². The van der Waals surface area contributed by atoms with Crippen LogP contribution in [0.4, 0.5) is 11.4 Å². The Hall–Kier alpha value is -2.07. The molecule has 0 bridgehead atoms. The minimum absolute atomic E-state index is 0.149. The number of hydrogen-bond donors (Lipinski definition) is 1. The highest BCUT2D eigenvalue weighted by Crippen LogP contribution is 2.32. The van der Waals surface area contributed by atoms with E-state index in [9.17, 15) is 18.5 Å². The van der Waals surface area contributed by atoms with Crippen molar-refractivity contribution in [2.45, 2.75) is 24.3 Å². The maximum atomic E-state index is 11.6. The molecule has 1 rings (SSSR count). The number of nitro benzene ring substituents is 1. The number of rotatable bonds is 5. The van der Waals surface area contributed by atoms with E-state index in [-0.39, 0.29) is 16.6 Å². The summed E-state index contributed by atoms with van der Waals surface area (Å²) in [5.41, 5.74) is -0.301. The maximum Gasteiger partial charge on any atom is 0.310 e. The van der Waals surface area contributed by atoms with Crippen LogP contribution >= 0.6 is 0 Å². The van der Waals surface area contributed by atoms with Crippen molar-refractivity contribution in [3.63, 3.8) is 0 Å². The van der Waals surface area contributed by atoms with Crippen molar-refractivity contribution in [2.24, 2.45) is 0 Å². The fraction of sp³-hybridized carbons (Fsp3) is 0.333. The summed E-state index contributed by atoms with van der Waals surface area (Å²) in [5, 5.41) is 13.9. The van der Waals surface area contributed by atoms with Crippen LogP contribution in [0.2, 0.25) is 0 Å². The molecule has 0 aliphatic heterocycles. The van der Waals surface area contributed by atoms with Gasteiger partial charge in [0.05, 0.1) is 4.92 Å². The third kappa shape index (κ3) is 3.69. The van der Waals surface area contributed by atoms with E-state index in [1.165, 1.54) is 18.2 Å². The number of nitrogens with zero attached hydrogens (tertiary/aromatic N) is 1. The molecule has 0 heterocycles. The lowest BCUT2D eigenvalue weighted by atomic mass is 10.2. The van der Waals surface area contributed by atoms with Crippen molar-refractivity contribution in [1.29, 1.82) is 0 Å². The number of nitrogens with one attached hydrogen (secondary N) is 1. The van der Waals surface area contributed by atoms with Gasteiger partial charge in [-0.3, -0.25) is 10.1 Å². The molecule has 1 N–H and O–H groups in total. The molecule has 19 heavy (non-hydrogen) atoms. The lowest BCUT2D eigenvalue weighted by molar-refractivity contribution is -0.386. The van der Waals surface area contributed by atoms with Crippen LogP contribution in [0.3, 0.4) is 0 Å². The van der Waals surface area contributed by atoms with Crippen molar-refractivity contribution in [3.05, 3.63) is 28.3 Å². The SMILES string of the molecule is C#CCC(C)Nc1cccc(S(C)(=O)=O)c1[N+](=O)[O-]. The highest BCUT2D eigenvalue weighted by molar-refractivity contribution is 7.90. The first-order valence-corrected chi connectivity index (χ1v) is 7.34. The summed E-state index contributed by atoms with van der Waals surface area (Å²) in [5.74, 6) is 2.43. The number of terminal acetylenes is 1. The molecular weight excluding hydrogens is 268 g/mol. The fourth-order valence-corrected chi connectivity index (χ4v) is 2.48. The van der Waals surface area contributed by atoms with E-state index in [1.807, 2.05) is 0 Å². The predicted octanol–water partition coefficient (Wildman–Crippen LogP) is 1.82. The van der Waals surface area contributed by atoms with Crippen LogP contribution in [-0.4, -0.2) is 25.6 Å². The molecule has 0 saturated heterocycles. The van der Waals surface area contributed by atoms with E-state index >= 15 is 0 Å². The third-order valence-corrected chi connectivity index (χ3v) is 3.54. The summed E-state index contributed by atoms with van der Waals surface area (Å²) >= 11 is 0.